The van der Waals surface area contributed by atoms with Crippen molar-refractivity contribution in [3.05, 3.63) is 35.4 Å². The molecule has 0 atom stereocenters. The fourth-order valence-electron chi connectivity index (χ4n) is 1.24. The second-order valence-corrected chi connectivity index (χ2v) is 2.83. The van der Waals surface area contributed by atoms with Gasteiger partial charge in [-0.1, -0.05) is 24.8 Å². The van der Waals surface area contributed by atoms with Gasteiger partial charge in [0.2, 0.25) is 0 Å². The summed E-state index contributed by atoms with van der Waals surface area (Å²) < 4.78 is 5.28. The zero-order valence-corrected chi connectivity index (χ0v) is 7.85. The van der Waals surface area contributed by atoms with E-state index in [9.17, 15) is 0 Å². The van der Waals surface area contributed by atoms with Crippen molar-refractivity contribution in [1.29, 1.82) is 0 Å². The molecule has 0 saturated heterocycles. The normalized spacial score (nSPS) is 9.58. The summed E-state index contributed by atoms with van der Waals surface area (Å²) in [5.41, 5.74) is 3.49. The molecule has 0 bridgehead atoms. The highest BCUT2D eigenvalue weighted by Crippen LogP contribution is 2.26. The van der Waals surface area contributed by atoms with E-state index < -0.39 is 0 Å². The summed E-state index contributed by atoms with van der Waals surface area (Å²) in [6, 6.07) is 4.10. The molecule has 0 spiro atoms. The summed E-state index contributed by atoms with van der Waals surface area (Å²) >= 11 is 0. The lowest BCUT2D eigenvalue weighted by Gasteiger charge is -2.10. The molecule has 1 rings (SSSR count). The van der Waals surface area contributed by atoms with Gasteiger partial charge in [-0.2, -0.15) is 0 Å². The molecule has 0 amide bonds. The summed E-state index contributed by atoms with van der Waals surface area (Å²) in [4.78, 5) is 0. The number of methoxy groups -OCH3 is 1. The minimum Gasteiger partial charge on any atom is -0.496 e. The molecule has 0 unspecified atom stereocenters. The molecular formula is C11H14O. The lowest BCUT2D eigenvalue weighted by Crippen LogP contribution is -1.92. The minimum absolute atomic E-state index is 0.935. The van der Waals surface area contributed by atoms with E-state index >= 15 is 0 Å². The van der Waals surface area contributed by atoms with Gasteiger partial charge in [-0.3, -0.25) is 0 Å². The van der Waals surface area contributed by atoms with Gasteiger partial charge in [0, 0.05) is 5.56 Å². The third-order valence-electron chi connectivity index (χ3n) is 2.13. The quantitative estimate of drug-likeness (QED) is 0.649. The van der Waals surface area contributed by atoms with Gasteiger partial charge in [0.05, 0.1) is 7.11 Å². The molecule has 0 saturated carbocycles. The molecule has 0 fully saturated rings. The van der Waals surface area contributed by atoms with Crippen molar-refractivity contribution in [2.24, 2.45) is 0 Å². The van der Waals surface area contributed by atoms with Crippen molar-refractivity contribution in [2.75, 3.05) is 7.11 Å². The molecule has 1 heteroatoms. The lowest BCUT2D eigenvalue weighted by molar-refractivity contribution is 0.410. The molecule has 0 N–H and O–H groups in total. The number of rotatable bonds is 2. The Kier molecular flexibility index (Phi) is 2.54. The van der Waals surface area contributed by atoms with Crippen LogP contribution in [-0.2, 0) is 0 Å². The Morgan fingerprint density at radius 1 is 1.33 bits per heavy atom. The Morgan fingerprint density at radius 2 is 2.00 bits per heavy atom. The molecule has 0 aromatic heterocycles. The third kappa shape index (κ3) is 1.35. The smallest absolute Gasteiger partial charge is 0.129 e. The minimum atomic E-state index is 0.935. The molecule has 0 aliphatic rings. The molecule has 64 valence electrons. The highest BCUT2D eigenvalue weighted by Gasteiger charge is 2.04. The van der Waals surface area contributed by atoms with Crippen LogP contribution in [0.15, 0.2) is 18.7 Å². The molecule has 0 radical (unpaired) electrons. The van der Waals surface area contributed by atoms with Gasteiger partial charge in [0.25, 0.3) is 0 Å². The second-order valence-electron chi connectivity index (χ2n) is 2.83. The van der Waals surface area contributed by atoms with Crippen LogP contribution in [0.2, 0.25) is 0 Å². The van der Waals surface area contributed by atoms with Gasteiger partial charge in [0.1, 0.15) is 5.75 Å². The number of aryl methyl sites for hydroxylation is 1. The zero-order valence-electron chi connectivity index (χ0n) is 7.85. The zero-order chi connectivity index (χ0) is 9.14. The first-order valence-corrected chi connectivity index (χ1v) is 3.97. The Bertz CT molecular complexity index is 300. The van der Waals surface area contributed by atoms with Gasteiger partial charge >= 0.3 is 0 Å². The molecule has 0 aliphatic heterocycles. The van der Waals surface area contributed by atoms with Crippen LogP contribution in [0.1, 0.15) is 16.7 Å². The van der Waals surface area contributed by atoms with Crippen molar-refractivity contribution in [2.45, 2.75) is 13.8 Å². The average molecular weight is 162 g/mol. The maximum Gasteiger partial charge on any atom is 0.129 e. The highest BCUT2D eigenvalue weighted by molar-refractivity contribution is 5.59. The number of benzene rings is 1. The van der Waals surface area contributed by atoms with E-state index in [1.807, 2.05) is 12.1 Å². The predicted octanol–water partition coefficient (Wildman–Crippen LogP) is 2.96. The van der Waals surface area contributed by atoms with Crippen LogP contribution in [0.3, 0.4) is 0 Å². The molecule has 0 heterocycles. The van der Waals surface area contributed by atoms with E-state index in [1.165, 1.54) is 11.1 Å². The van der Waals surface area contributed by atoms with E-state index in [2.05, 4.69) is 26.5 Å². The fraction of sp³-hybridized carbons (Fsp3) is 0.273. The topological polar surface area (TPSA) is 9.23 Å². The van der Waals surface area contributed by atoms with Gasteiger partial charge in [-0.05, 0) is 25.0 Å². The molecular weight excluding hydrogens is 148 g/mol. The predicted molar refractivity (Wildman–Crippen MR) is 52.6 cm³/mol. The van der Waals surface area contributed by atoms with Gasteiger partial charge < -0.3 is 4.74 Å². The first kappa shape index (κ1) is 8.85. The summed E-state index contributed by atoms with van der Waals surface area (Å²) in [5, 5.41) is 0. The van der Waals surface area contributed by atoms with Crippen LogP contribution in [0.25, 0.3) is 6.08 Å². The van der Waals surface area contributed by atoms with Crippen molar-refractivity contribution >= 4 is 6.08 Å². The lowest BCUT2D eigenvalue weighted by atomic mass is 10.0. The SMILES string of the molecule is C=Cc1ccc(C)c(C)c1OC. The van der Waals surface area contributed by atoms with Crippen molar-refractivity contribution in [1.82, 2.24) is 0 Å². The fourth-order valence-corrected chi connectivity index (χ4v) is 1.24. The van der Waals surface area contributed by atoms with E-state index in [0.29, 0.717) is 0 Å². The molecule has 1 aromatic rings. The van der Waals surface area contributed by atoms with Crippen LogP contribution in [0.4, 0.5) is 0 Å². The van der Waals surface area contributed by atoms with Crippen LogP contribution in [0, 0.1) is 13.8 Å². The summed E-state index contributed by atoms with van der Waals surface area (Å²) in [7, 11) is 1.69. The average Bonchev–Trinajstić information content (AvgIpc) is 2.09. The largest absolute Gasteiger partial charge is 0.496 e. The van der Waals surface area contributed by atoms with Crippen molar-refractivity contribution in [3.63, 3.8) is 0 Å². The summed E-state index contributed by atoms with van der Waals surface area (Å²) in [6.45, 7) is 7.86. The first-order chi connectivity index (χ1) is 5.70. The van der Waals surface area contributed by atoms with Crippen LogP contribution >= 0.6 is 0 Å². The van der Waals surface area contributed by atoms with E-state index in [-0.39, 0.29) is 0 Å². The molecule has 0 aliphatic carbocycles. The number of hydrogen-bond acceptors (Lipinski definition) is 1. The Morgan fingerprint density at radius 3 is 2.50 bits per heavy atom. The van der Waals surface area contributed by atoms with Gasteiger partial charge in [0.15, 0.2) is 0 Å². The second kappa shape index (κ2) is 3.44. The van der Waals surface area contributed by atoms with Crippen LogP contribution in [-0.4, -0.2) is 7.11 Å². The van der Waals surface area contributed by atoms with E-state index in [1.54, 1.807) is 7.11 Å². The Hall–Kier alpha value is -1.24. The van der Waals surface area contributed by atoms with E-state index in [0.717, 1.165) is 11.3 Å². The van der Waals surface area contributed by atoms with Crippen LogP contribution < -0.4 is 4.74 Å². The monoisotopic (exact) mass is 162 g/mol. The van der Waals surface area contributed by atoms with Crippen LogP contribution in [0.5, 0.6) is 5.75 Å². The van der Waals surface area contributed by atoms with Crippen molar-refractivity contribution in [3.8, 4) is 5.75 Å². The van der Waals surface area contributed by atoms with Gasteiger partial charge in [-0.25, -0.2) is 0 Å². The molecule has 1 nitrogen and oxygen atoms in total. The Labute approximate surface area is 73.7 Å². The van der Waals surface area contributed by atoms with Gasteiger partial charge in [-0.15, -0.1) is 0 Å². The maximum atomic E-state index is 5.28. The Balaban J connectivity index is 3.35. The van der Waals surface area contributed by atoms with E-state index in [4.69, 9.17) is 4.74 Å². The number of ether oxygens (including phenoxy) is 1. The summed E-state index contributed by atoms with van der Waals surface area (Å²) in [5.74, 6) is 0.935. The molecule has 12 heavy (non-hydrogen) atoms. The number of hydrogen-bond donors (Lipinski definition) is 0. The maximum absolute atomic E-state index is 5.28. The molecule has 1 aromatic carbocycles. The summed E-state index contributed by atoms with van der Waals surface area (Å²) in [6.07, 6.45) is 1.81. The van der Waals surface area contributed by atoms with Crippen molar-refractivity contribution < 1.29 is 4.74 Å². The third-order valence-corrected chi connectivity index (χ3v) is 2.13. The standard InChI is InChI=1S/C11H14O/c1-5-10-7-6-8(2)9(3)11(10)12-4/h5-7H,1H2,2-4H3. The highest BCUT2D eigenvalue weighted by atomic mass is 16.5. The first-order valence-electron chi connectivity index (χ1n) is 3.97.